The van der Waals surface area contributed by atoms with Crippen LogP contribution in [0.25, 0.3) is 22.2 Å². The van der Waals surface area contributed by atoms with E-state index in [2.05, 4.69) is 10.5 Å². The molecular weight excluding hydrogens is 430 g/mol. The first-order valence-electron chi connectivity index (χ1n) is 10.8. The van der Waals surface area contributed by atoms with E-state index >= 15 is 0 Å². The number of nitrogens with one attached hydrogen (secondary N) is 1. The summed E-state index contributed by atoms with van der Waals surface area (Å²) in [5.74, 6) is 0.718. The van der Waals surface area contributed by atoms with E-state index in [9.17, 15) is 9.90 Å². The minimum Gasteiger partial charge on any atom is -0.504 e. The molecule has 0 aliphatic rings. The van der Waals surface area contributed by atoms with Gasteiger partial charge in [0.2, 0.25) is 0 Å². The highest BCUT2D eigenvalue weighted by Gasteiger charge is 2.14. The summed E-state index contributed by atoms with van der Waals surface area (Å²) in [5.41, 5.74) is 5.83. The molecule has 7 nitrogen and oxygen atoms in total. The maximum atomic E-state index is 13.1. The van der Waals surface area contributed by atoms with Crippen LogP contribution in [0, 0.1) is 0 Å². The molecule has 0 aliphatic heterocycles. The number of hydrogen-bond donors (Lipinski definition) is 2. The lowest BCUT2D eigenvalue weighted by molar-refractivity contribution is 0.0956. The summed E-state index contributed by atoms with van der Waals surface area (Å²) in [5, 5.41) is 14.7. The number of nitrogens with zero attached hydrogens (tertiary/aromatic N) is 2. The van der Waals surface area contributed by atoms with Gasteiger partial charge in [0.15, 0.2) is 11.5 Å². The largest absolute Gasteiger partial charge is 0.504 e. The lowest BCUT2D eigenvalue weighted by atomic mass is 10.0. The summed E-state index contributed by atoms with van der Waals surface area (Å²) in [6, 6.07) is 21.7. The molecule has 0 bridgehead atoms. The number of ether oxygens (including phenoxy) is 2. The Morgan fingerprint density at radius 1 is 1.06 bits per heavy atom. The fraction of sp³-hybridized carbons (Fsp3) is 0.148. The highest BCUT2D eigenvalue weighted by atomic mass is 16.5. The molecule has 4 aromatic rings. The van der Waals surface area contributed by atoms with Crippen molar-refractivity contribution in [3.05, 3.63) is 83.9 Å². The van der Waals surface area contributed by atoms with Crippen LogP contribution in [0.2, 0.25) is 0 Å². The molecule has 0 radical (unpaired) electrons. The van der Waals surface area contributed by atoms with Gasteiger partial charge < -0.3 is 14.6 Å². The molecule has 2 N–H and O–H groups in total. The third kappa shape index (κ3) is 5.15. The third-order valence-corrected chi connectivity index (χ3v) is 5.05. The molecule has 3 aromatic carbocycles. The van der Waals surface area contributed by atoms with E-state index in [1.807, 2.05) is 62.4 Å². The monoisotopic (exact) mass is 455 g/mol. The SMILES string of the molecule is COc1ccc(/C=N/NC(=O)c2cc(-c3cccc(OC(C)C)c3)nc3ccccc23)cc1O. The maximum absolute atomic E-state index is 13.1. The number of benzene rings is 3. The number of fused-ring (bicyclic) bond motifs is 1. The number of amides is 1. The van der Waals surface area contributed by atoms with Gasteiger partial charge >= 0.3 is 0 Å². The molecular formula is C27H25N3O4. The van der Waals surface area contributed by atoms with E-state index in [0.717, 1.165) is 16.7 Å². The molecule has 0 unspecified atom stereocenters. The fourth-order valence-electron chi connectivity index (χ4n) is 3.53. The Labute approximate surface area is 197 Å². The second kappa shape index (κ2) is 10.0. The van der Waals surface area contributed by atoms with Crippen LogP contribution in [0.4, 0.5) is 0 Å². The average Bonchev–Trinajstić information content (AvgIpc) is 2.83. The Morgan fingerprint density at radius 3 is 2.65 bits per heavy atom. The number of rotatable bonds is 7. The molecule has 0 atom stereocenters. The van der Waals surface area contributed by atoms with Crippen LogP contribution in [0.15, 0.2) is 77.9 Å². The topological polar surface area (TPSA) is 93.0 Å². The smallest absolute Gasteiger partial charge is 0.272 e. The number of methoxy groups -OCH3 is 1. The molecule has 0 saturated heterocycles. The van der Waals surface area contributed by atoms with Crippen LogP contribution in [0.1, 0.15) is 29.8 Å². The van der Waals surface area contributed by atoms with E-state index < -0.39 is 0 Å². The molecule has 7 heteroatoms. The normalized spacial score (nSPS) is 11.2. The number of phenolic OH excluding ortho intramolecular Hbond substituents is 1. The first kappa shape index (κ1) is 22.8. The van der Waals surface area contributed by atoms with Gasteiger partial charge in [0.05, 0.1) is 36.2 Å². The molecule has 1 amide bonds. The minimum absolute atomic E-state index is 0.00813. The zero-order valence-corrected chi connectivity index (χ0v) is 19.1. The first-order chi connectivity index (χ1) is 16.4. The Bertz CT molecular complexity index is 1370. The van der Waals surface area contributed by atoms with Gasteiger partial charge in [-0.05, 0) is 61.9 Å². The van der Waals surface area contributed by atoms with Gasteiger partial charge in [0.25, 0.3) is 5.91 Å². The molecule has 4 rings (SSSR count). The van der Waals surface area contributed by atoms with Crippen molar-refractivity contribution >= 4 is 23.0 Å². The van der Waals surface area contributed by atoms with Gasteiger partial charge in [-0.1, -0.05) is 30.3 Å². The van der Waals surface area contributed by atoms with Gasteiger partial charge in [-0.2, -0.15) is 5.10 Å². The van der Waals surface area contributed by atoms with Crippen molar-refractivity contribution in [1.82, 2.24) is 10.4 Å². The number of aromatic nitrogens is 1. The van der Waals surface area contributed by atoms with Crippen LogP contribution in [-0.2, 0) is 0 Å². The van der Waals surface area contributed by atoms with E-state index in [-0.39, 0.29) is 17.8 Å². The summed E-state index contributed by atoms with van der Waals surface area (Å²) < 4.78 is 10.8. The lowest BCUT2D eigenvalue weighted by Crippen LogP contribution is -2.18. The number of carbonyl (C=O) groups excluding carboxylic acids is 1. The number of phenols is 1. The Kier molecular flexibility index (Phi) is 6.73. The van der Waals surface area contributed by atoms with Crippen LogP contribution < -0.4 is 14.9 Å². The summed E-state index contributed by atoms with van der Waals surface area (Å²) in [7, 11) is 1.48. The zero-order valence-electron chi connectivity index (χ0n) is 19.1. The first-order valence-corrected chi connectivity index (χ1v) is 10.8. The molecule has 0 fully saturated rings. The number of pyridine rings is 1. The zero-order chi connectivity index (χ0) is 24.1. The summed E-state index contributed by atoms with van der Waals surface area (Å²) in [6.07, 6.45) is 1.50. The molecule has 1 heterocycles. The van der Waals surface area contributed by atoms with Gasteiger partial charge in [0, 0.05) is 10.9 Å². The Morgan fingerprint density at radius 2 is 1.88 bits per heavy atom. The second-order valence-electron chi connectivity index (χ2n) is 7.90. The van der Waals surface area contributed by atoms with Gasteiger partial charge in [-0.3, -0.25) is 4.79 Å². The van der Waals surface area contributed by atoms with E-state index in [1.54, 1.807) is 18.2 Å². The highest BCUT2D eigenvalue weighted by Crippen LogP contribution is 2.28. The molecule has 172 valence electrons. The van der Waals surface area contributed by atoms with Crippen LogP contribution >= 0.6 is 0 Å². The van der Waals surface area contributed by atoms with Gasteiger partial charge in [-0.15, -0.1) is 0 Å². The molecule has 0 aliphatic carbocycles. The number of aromatic hydroxyl groups is 1. The Balaban J connectivity index is 1.64. The van der Waals surface area contributed by atoms with Crippen molar-refractivity contribution in [3.8, 4) is 28.5 Å². The van der Waals surface area contributed by atoms with Crippen molar-refractivity contribution in [2.45, 2.75) is 20.0 Å². The van der Waals surface area contributed by atoms with Crippen molar-refractivity contribution in [3.63, 3.8) is 0 Å². The summed E-state index contributed by atoms with van der Waals surface area (Å²) >= 11 is 0. The summed E-state index contributed by atoms with van der Waals surface area (Å²) in [4.78, 5) is 17.8. The fourth-order valence-corrected chi connectivity index (χ4v) is 3.53. The lowest BCUT2D eigenvalue weighted by Gasteiger charge is -2.12. The van der Waals surface area contributed by atoms with Crippen molar-refractivity contribution < 1.29 is 19.4 Å². The van der Waals surface area contributed by atoms with Crippen molar-refractivity contribution in [1.29, 1.82) is 0 Å². The predicted octanol–water partition coefficient (Wildman–Crippen LogP) is 5.17. The van der Waals surface area contributed by atoms with Crippen LogP contribution in [-0.4, -0.2) is 35.4 Å². The van der Waals surface area contributed by atoms with Crippen LogP contribution in [0.3, 0.4) is 0 Å². The van der Waals surface area contributed by atoms with Crippen molar-refractivity contribution in [2.75, 3.05) is 7.11 Å². The minimum atomic E-state index is -0.372. The van der Waals surface area contributed by atoms with E-state index in [1.165, 1.54) is 19.4 Å². The maximum Gasteiger partial charge on any atom is 0.272 e. The third-order valence-electron chi connectivity index (χ3n) is 5.05. The van der Waals surface area contributed by atoms with E-state index in [4.69, 9.17) is 14.5 Å². The predicted molar refractivity (Wildman–Crippen MR) is 133 cm³/mol. The quantitative estimate of drug-likeness (QED) is 0.296. The van der Waals surface area contributed by atoms with Gasteiger partial charge in [-0.25, -0.2) is 10.4 Å². The number of hydrogen-bond acceptors (Lipinski definition) is 6. The second-order valence-corrected chi connectivity index (χ2v) is 7.90. The van der Waals surface area contributed by atoms with E-state index in [0.29, 0.717) is 28.1 Å². The molecule has 0 spiro atoms. The number of para-hydroxylation sites is 1. The number of hydrazone groups is 1. The van der Waals surface area contributed by atoms with Gasteiger partial charge in [0.1, 0.15) is 5.75 Å². The highest BCUT2D eigenvalue weighted by molar-refractivity contribution is 6.07. The van der Waals surface area contributed by atoms with Crippen molar-refractivity contribution in [2.24, 2.45) is 5.10 Å². The molecule has 1 aromatic heterocycles. The average molecular weight is 456 g/mol. The molecule has 34 heavy (non-hydrogen) atoms. The standard InChI is InChI=1S/C27H25N3O4/c1-17(2)34-20-8-6-7-19(14-20)24-15-22(21-9-4-5-10-23(21)29-24)27(32)30-28-16-18-11-12-26(33-3)25(31)13-18/h4-17,31H,1-3H3,(H,30,32)/b28-16+. The van der Waals surface area contributed by atoms with Crippen LogP contribution in [0.5, 0.6) is 17.2 Å². The molecule has 0 saturated carbocycles. The Hall–Kier alpha value is -4.39. The summed E-state index contributed by atoms with van der Waals surface area (Å²) in [6.45, 7) is 3.94. The number of carbonyl (C=O) groups is 1.